The van der Waals surface area contributed by atoms with Gasteiger partial charge in [0.1, 0.15) is 10.6 Å². The first-order valence-electron chi connectivity index (χ1n) is 11.7. The highest BCUT2D eigenvalue weighted by molar-refractivity contribution is 7.15. The lowest BCUT2D eigenvalue weighted by Crippen LogP contribution is -2.31. The van der Waals surface area contributed by atoms with E-state index in [-0.39, 0.29) is 49.3 Å². The SMILES string of the molecule is CCOC(=O)c1c(-c2ccc(OC)c(OC)c2)csc1NC(=O)CCCN1C(=O)c2ccccc2C1=O. The standard InChI is InChI=1S/C27H26N2O7S/c1-4-36-27(33)23-19(16-11-12-20(34-2)21(14-16)35-3)15-37-24(23)28-22(30)10-7-13-29-25(31)17-8-5-6-9-18(17)26(29)32/h5-6,8-9,11-12,14-15H,4,7,10,13H2,1-3H3,(H,28,30). The van der Waals surface area contributed by atoms with Crippen LogP contribution >= 0.6 is 11.3 Å². The van der Waals surface area contributed by atoms with Gasteiger partial charge in [0.15, 0.2) is 11.5 Å². The van der Waals surface area contributed by atoms with Gasteiger partial charge in [0, 0.05) is 23.9 Å². The maximum absolute atomic E-state index is 12.8. The van der Waals surface area contributed by atoms with E-state index in [4.69, 9.17) is 14.2 Å². The molecule has 0 bridgehead atoms. The maximum atomic E-state index is 12.8. The zero-order chi connectivity index (χ0) is 26.5. The van der Waals surface area contributed by atoms with Crippen LogP contribution in [0, 0.1) is 0 Å². The van der Waals surface area contributed by atoms with Crippen molar-refractivity contribution in [2.24, 2.45) is 0 Å². The van der Waals surface area contributed by atoms with Crippen molar-refractivity contribution in [3.05, 3.63) is 64.5 Å². The van der Waals surface area contributed by atoms with E-state index in [9.17, 15) is 19.2 Å². The van der Waals surface area contributed by atoms with Crippen LogP contribution in [0.1, 0.15) is 50.8 Å². The number of nitrogens with one attached hydrogen (secondary N) is 1. The minimum absolute atomic E-state index is 0.0548. The number of carbonyl (C=O) groups excluding carboxylic acids is 4. The van der Waals surface area contributed by atoms with Crippen LogP contribution in [-0.2, 0) is 9.53 Å². The van der Waals surface area contributed by atoms with Crippen LogP contribution in [0.3, 0.4) is 0 Å². The number of thiophene rings is 1. The molecule has 1 N–H and O–H groups in total. The molecule has 0 radical (unpaired) electrons. The molecule has 4 rings (SSSR count). The highest BCUT2D eigenvalue weighted by Gasteiger charge is 2.34. The van der Waals surface area contributed by atoms with Crippen molar-refractivity contribution in [2.75, 3.05) is 32.7 Å². The highest BCUT2D eigenvalue weighted by Crippen LogP contribution is 2.39. The normalized spacial score (nSPS) is 12.4. The second kappa shape index (κ2) is 11.3. The zero-order valence-corrected chi connectivity index (χ0v) is 21.5. The fraction of sp³-hybridized carbons (Fsp3) is 0.259. The Hall–Kier alpha value is -4.18. The Labute approximate surface area is 217 Å². The Bertz CT molecular complexity index is 1330. The van der Waals surface area contributed by atoms with Crippen LogP contribution in [0.15, 0.2) is 47.8 Å². The van der Waals surface area contributed by atoms with Crippen LogP contribution in [0.2, 0.25) is 0 Å². The van der Waals surface area contributed by atoms with E-state index in [0.29, 0.717) is 38.8 Å². The number of ether oxygens (including phenoxy) is 3. The highest BCUT2D eigenvalue weighted by atomic mass is 32.1. The Kier molecular flexibility index (Phi) is 7.88. The summed E-state index contributed by atoms with van der Waals surface area (Å²) in [5.41, 5.74) is 2.27. The largest absolute Gasteiger partial charge is 0.493 e. The lowest BCUT2D eigenvalue weighted by molar-refractivity contribution is -0.116. The predicted octanol–water partition coefficient (Wildman–Crippen LogP) is 4.62. The van der Waals surface area contributed by atoms with E-state index in [2.05, 4.69) is 5.32 Å². The summed E-state index contributed by atoms with van der Waals surface area (Å²) in [6, 6.07) is 11.9. The number of methoxy groups -OCH3 is 2. The predicted molar refractivity (Wildman–Crippen MR) is 138 cm³/mol. The third kappa shape index (κ3) is 5.19. The number of hydrogen-bond acceptors (Lipinski definition) is 8. The van der Waals surface area contributed by atoms with E-state index in [1.807, 2.05) is 0 Å². The van der Waals surface area contributed by atoms with Crippen molar-refractivity contribution in [2.45, 2.75) is 19.8 Å². The topological polar surface area (TPSA) is 111 Å². The number of nitrogens with zero attached hydrogens (tertiary/aromatic N) is 1. The summed E-state index contributed by atoms with van der Waals surface area (Å²) in [4.78, 5) is 51.8. The maximum Gasteiger partial charge on any atom is 0.341 e. The van der Waals surface area contributed by atoms with E-state index in [0.717, 1.165) is 4.90 Å². The molecule has 37 heavy (non-hydrogen) atoms. The number of fused-ring (bicyclic) bond motifs is 1. The van der Waals surface area contributed by atoms with Crippen LogP contribution in [0.25, 0.3) is 11.1 Å². The molecule has 0 unspecified atom stereocenters. The first-order valence-corrected chi connectivity index (χ1v) is 12.5. The fourth-order valence-electron chi connectivity index (χ4n) is 4.10. The number of anilines is 1. The summed E-state index contributed by atoms with van der Waals surface area (Å²) < 4.78 is 15.9. The molecule has 1 aliphatic heterocycles. The van der Waals surface area contributed by atoms with E-state index >= 15 is 0 Å². The molecule has 2 aromatic carbocycles. The molecule has 0 spiro atoms. The Morgan fingerprint density at radius 3 is 2.24 bits per heavy atom. The fourth-order valence-corrected chi connectivity index (χ4v) is 5.07. The number of carbonyl (C=O) groups is 4. The third-order valence-corrected chi connectivity index (χ3v) is 6.78. The lowest BCUT2D eigenvalue weighted by Gasteiger charge is -2.13. The number of imide groups is 1. The molecule has 0 fully saturated rings. The van der Waals surface area contributed by atoms with Gasteiger partial charge in [-0.3, -0.25) is 19.3 Å². The molecule has 192 valence electrons. The van der Waals surface area contributed by atoms with E-state index < -0.39 is 5.97 Å². The average Bonchev–Trinajstić information content (AvgIpc) is 3.43. The Morgan fingerprint density at radius 2 is 1.62 bits per heavy atom. The molecule has 3 amide bonds. The molecule has 3 aromatic rings. The van der Waals surface area contributed by atoms with Gasteiger partial charge in [-0.2, -0.15) is 0 Å². The monoisotopic (exact) mass is 522 g/mol. The summed E-state index contributed by atoms with van der Waals surface area (Å²) in [7, 11) is 3.06. The van der Waals surface area contributed by atoms with Gasteiger partial charge in [0.05, 0.1) is 32.0 Å². The van der Waals surface area contributed by atoms with E-state index in [1.54, 1.807) is 54.8 Å². The van der Waals surface area contributed by atoms with Gasteiger partial charge >= 0.3 is 5.97 Å². The number of rotatable bonds is 10. The van der Waals surface area contributed by atoms with Crippen molar-refractivity contribution >= 4 is 40.0 Å². The number of benzene rings is 2. The summed E-state index contributed by atoms with van der Waals surface area (Å²) in [5.74, 6) is -0.574. The molecule has 0 atom stereocenters. The van der Waals surface area contributed by atoms with Crippen LogP contribution in [0.5, 0.6) is 11.5 Å². The van der Waals surface area contributed by atoms with Crippen molar-refractivity contribution in [3.63, 3.8) is 0 Å². The van der Waals surface area contributed by atoms with E-state index in [1.165, 1.54) is 25.6 Å². The van der Waals surface area contributed by atoms with Gasteiger partial charge in [-0.25, -0.2) is 4.79 Å². The zero-order valence-electron chi connectivity index (χ0n) is 20.7. The third-order valence-electron chi connectivity index (χ3n) is 5.88. The molecule has 2 heterocycles. The number of hydrogen-bond donors (Lipinski definition) is 1. The molecule has 0 saturated carbocycles. The summed E-state index contributed by atoms with van der Waals surface area (Å²) in [6.07, 6.45) is 0.333. The van der Waals surface area contributed by atoms with Gasteiger partial charge in [-0.15, -0.1) is 11.3 Å². The van der Waals surface area contributed by atoms with Gasteiger partial charge in [-0.05, 0) is 43.2 Å². The van der Waals surface area contributed by atoms with Crippen molar-refractivity contribution < 1.29 is 33.4 Å². The molecular weight excluding hydrogens is 496 g/mol. The molecule has 9 nitrogen and oxygen atoms in total. The van der Waals surface area contributed by atoms with Crippen LogP contribution in [-0.4, -0.2) is 56.0 Å². The van der Waals surface area contributed by atoms with Crippen LogP contribution in [0.4, 0.5) is 5.00 Å². The first-order chi connectivity index (χ1) is 17.9. The average molecular weight is 523 g/mol. The van der Waals surface area contributed by atoms with Crippen molar-refractivity contribution in [1.82, 2.24) is 4.90 Å². The molecule has 0 saturated heterocycles. The smallest absolute Gasteiger partial charge is 0.341 e. The minimum Gasteiger partial charge on any atom is -0.493 e. The van der Waals surface area contributed by atoms with Gasteiger partial charge in [0.25, 0.3) is 11.8 Å². The molecule has 1 aromatic heterocycles. The van der Waals surface area contributed by atoms with Gasteiger partial charge in [-0.1, -0.05) is 18.2 Å². The molecule has 10 heteroatoms. The van der Waals surface area contributed by atoms with Crippen LogP contribution < -0.4 is 14.8 Å². The first kappa shape index (κ1) is 25.9. The summed E-state index contributed by atoms with van der Waals surface area (Å²) in [6.45, 7) is 2.00. The van der Waals surface area contributed by atoms with Gasteiger partial charge < -0.3 is 19.5 Å². The minimum atomic E-state index is -0.560. The molecule has 0 aliphatic carbocycles. The molecular formula is C27H26N2O7S. The number of amides is 3. The lowest BCUT2D eigenvalue weighted by atomic mass is 10.0. The Morgan fingerprint density at radius 1 is 0.946 bits per heavy atom. The van der Waals surface area contributed by atoms with Crippen molar-refractivity contribution in [3.8, 4) is 22.6 Å². The molecule has 1 aliphatic rings. The second-order valence-electron chi connectivity index (χ2n) is 8.10. The number of esters is 1. The summed E-state index contributed by atoms with van der Waals surface area (Å²) >= 11 is 1.20. The quantitative estimate of drug-likeness (QED) is 0.305. The van der Waals surface area contributed by atoms with Crippen molar-refractivity contribution in [1.29, 1.82) is 0 Å². The van der Waals surface area contributed by atoms with Gasteiger partial charge in [0.2, 0.25) is 5.91 Å². The Balaban J connectivity index is 1.47. The second-order valence-corrected chi connectivity index (χ2v) is 8.98. The summed E-state index contributed by atoms with van der Waals surface area (Å²) in [5, 5.41) is 4.91.